The van der Waals surface area contributed by atoms with Gasteiger partial charge in [-0.25, -0.2) is 4.68 Å². The van der Waals surface area contributed by atoms with Crippen molar-refractivity contribution in [2.24, 2.45) is 11.8 Å². The zero-order valence-corrected chi connectivity index (χ0v) is 15.9. The first-order valence-electron chi connectivity index (χ1n) is 8.27. The van der Waals surface area contributed by atoms with Crippen LogP contribution in [-0.2, 0) is 11.3 Å². The Hall–Kier alpha value is -1.41. The number of amides is 1. The lowest BCUT2D eigenvalue weighted by Gasteiger charge is -2.36. The van der Waals surface area contributed by atoms with Crippen molar-refractivity contribution in [2.45, 2.75) is 44.1 Å². The number of carbonyl (C=O) groups excluding carboxylic acids is 1. The summed E-state index contributed by atoms with van der Waals surface area (Å²) < 4.78 is 1.77. The van der Waals surface area contributed by atoms with Crippen LogP contribution in [-0.4, -0.2) is 49.4 Å². The molecule has 24 heavy (non-hydrogen) atoms. The van der Waals surface area contributed by atoms with Crippen LogP contribution in [0.4, 0.5) is 0 Å². The van der Waals surface area contributed by atoms with Gasteiger partial charge in [-0.2, -0.15) is 0 Å². The average Bonchev–Trinajstić information content (AvgIpc) is 3.18. The number of thioether (sulfide) groups is 1. The van der Waals surface area contributed by atoms with Gasteiger partial charge in [-0.1, -0.05) is 31.7 Å². The van der Waals surface area contributed by atoms with E-state index in [-0.39, 0.29) is 11.2 Å². The number of hydrogen-bond acceptors (Lipinski definition) is 6. The summed E-state index contributed by atoms with van der Waals surface area (Å²) in [5.74, 6) is 1.32. The molecule has 1 aliphatic rings. The second-order valence-electron chi connectivity index (χ2n) is 6.65. The predicted octanol–water partition coefficient (Wildman–Crippen LogP) is 2.77. The Balaban J connectivity index is 1.63. The molecule has 8 heteroatoms. The Kier molecular flexibility index (Phi) is 5.55. The van der Waals surface area contributed by atoms with Crippen molar-refractivity contribution in [2.75, 3.05) is 13.1 Å². The summed E-state index contributed by atoms with van der Waals surface area (Å²) in [6.07, 6.45) is 1.20. The Morgan fingerprint density at radius 3 is 2.83 bits per heavy atom. The second-order valence-corrected chi connectivity index (χ2v) is 8.99. The first-order chi connectivity index (χ1) is 11.5. The molecule has 0 N–H and O–H groups in total. The van der Waals surface area contributed by atoms with E-state index >= 15 is 0 Å². The molecule has 1 saturated heterocycles. The van der Waals surface area contributed by atoms with Crippen LogP contribution < -0.4 is 0 Å². The van der Waals surface area contributed by atoms with E-state index in [1.165, 1.54) is 23.1 Å². The molecule has 130 valence electrons. The number of carbonyl (C=O) groups is 1. The van der Waals surface area contributed by atoms with Gasteiger partial charge in [0.2, 0.25) is 11.1 Å². The fraction of sp³-hybridized carbons (Fsp3) is 0.625. The lowest BCUT2D eigenvalue weighted by atomic mass is 9.92. The molecule has 1 fully saturated rings. The van der Waals surface area contributed by atoms with Crippen molar-refractivity contribution < 1.29 is 4.79 Å². The first kappa shape index (κ1) is 17.4. The number of nitrogens with zero attached hydrogens (tertiary/aromatic N) is 5. The van der Waals surface area contributed by atoms with Gasteiger partial charge in [0.1, 0.15) is 0 Å². The summed E-state index contributed by atoms with van der Waals surface area (Å²) in [6.45, 7) is 8.74. The van der Waals surface area contributed by atoms with E-state index in [4.69, 9.17) is 0 Å². The molecular formula is C16H23N5OS2. The molecule has 0 radical (unpaired) electrons. The minimum atomic E-state index is -0.185. The molecule has 0 aliphatic carbocycles. The summed E-state index contributed by atoms with van der Waals surface area (Å²) in [4.78, 5) is 16.0. The van der Waals surface area contributed by atoms with Crippen LogP contribution in [0.15, 0.2) is 22.7 Å². The molecule has 6 nitrogen and oxygen atoms in total. The topological polar surface area (TPSA) is 63.9 Å². The molecular weight excluding hydrogens is 342 g/mol. The molecule has 2 aromatic rings. The summed E-state index contributed by atoms with van der Waals surface area (Å²) in [5, 5.41) is 14.5. The molecule has 3 atom stereocenters. The molecule has 3 rings (SSSR count). The number of rotatable bonds is 5. The minimum Gasteiger partial charge on any atom is -0.341 e. The van der Waals surface area contributed by atoms with Crippen LogP contribution >= 0.6 is 23.1 Å². The van der Waals surface area contributed by atoms with E-state index in [0.717, 1.165) is 13.1 Å². The van der Waals surface area contributed by atoms with E-state index in [1.54, 1.807) is 16.0 Å². The maximum Gasteiger partial charge on any atom is 0.235 e. The average molecular weight is 366 g/mol. The van der Waals surface area contributed by atoms with Crippen molar-refractivity contribution >= 4 is 29.0 Å². The molecule has 0 spiro atoms. The van der Waals surface area contributed by atoms with E-state index in [9.17, 15) is 4.79 Å². The molecule has 0 saturated carbocycles. The largest absolute Gasteiger partial charge is 0.341 e. The monoisotopic (exact) mass is 365 g/mol. The van der Waals surface area contributed by atoms with Gasteiger partial charge in [0.15, 0.2) is 0 Å². The fourth-order valence-corrected chi connectivity index (χ4v) is 4.80. The van der Waals surface area contributed by atoms with Crippen molar-refractivity contribution in [1.82, 2.24) is 25.1 Å². The summed E-state index contributed by atoms with van der Waals surface area (Å²) >= 11 is 3.12. The lowest BCUT2D eigenvalue weighted by Crippen LogP contribution is -2.45. The minimum absolute atomic E-state index is 0.184. The van der Waals surface area contributed by atoms with Gasteiger partial charge >= 0.3 is 0 Å². The van der Waals surface area contributed by atoms with Crippen molar-refractivity contribution in [3.05, 3.63) is 22.4 Å². The Morgan fingerprint density at radius 2 is 2.17 bits per heavy atom. The molecule has 3 heterocycles. The fourth-order valence-electron chi connectivity index (χ4n) is 3.24. The zero-order chi connectivity index (χ0) is 17.1. The smallest absolute Gasteiger partial charge is 0.235 e. The summed E-state index contributed by atoms with van der Waals surface area (Å²) in [7, 11) is 0. The highest BCUT2D eigenvalue weighted by Gasteiger charge is 2.29. The van der Waals surface area contributed by atoms with Crippen LogP contribution in [0.1, 0.15) is 32.1 Å². The third-order valence-corrected chi connectivity index (χ3v) is 6.11. The van der Waals surface area contributed by atoms with Crippen molar-refractivity contribution in [3.8, 4) is 0 Å². The zero-order valence-electron chi connectivity index (χ0n) is 14.3. The Labute approximate surface area is 150 Å². The normalized spacial score (nSPS) is 22.5. The Bertz CT molecular complexity index is 662. The standard InChI is InChI=1S/C16H23N5OS2/c1-11-7-12(2)9-20(8-11)15(22)13(3)24-16-17-18-19-21(16)10-14-5-4-6-23-14/h4-6,11-13H,7-10H2,1-3H3. The van der Waals surface area contributed by atoms with E-state index in [2.05, 4.69) is 35.4 Å². The van der Waals surface area contributed by atoms with E-state index < -0.39 is 0 Å². The van der Waals surface area contributed by atoms with E-state index in [0.29, 0.717) is 23.5 Å². The summed E-state index contributed by atoms with van der Waals surface area (Å²) in [5.41, 5.74) is 0. The maximum absolute atomic E-state index is 12.8. The Morgan fingerprint density at radius 1 is 1.42 bits per heavy atom. The third-order valence-electron chi connectivity index (χ3n) is 4.20. The van der Waals surface area contributed by atoms with E-state index in [1.807, 2.05) is 23.3 Å². The van der Waals surface area contributed by atoms with Gasteiger partial charge in [0.05, 0.1) is 11.8 Å². The van der Waals surface area contributed by atoms with Crippen molar-refractivity contribution in [1.29, 1.82) is 0 Å². The molecule has 2 aromatic heterocycles. The highest BCUT2D eigenvalue weighted by Crippen LogP contribution is 2.26. The quantitative estimate of drug-likeness (QED) is 0.763. The molecule has 0 bridgehead atoms. The van der Waals surface area contributed by atoms with Crippen LogP contribution in [0.3, 0.4) is 0 Å². The SMILES string of the molecule is CC1CC(C)CN(C(=O)C(C)Sc2nnnn2Cc2cccs2)C1. The van der Waals surface area contributed by atoms with Crippen LogP contribution in [0.25, 0.3) is 0 Å². The number of thiophene rings is 1. The number of tetrazole rings is 1. The van der Waals surface area contributed by atoms with Gasteiger partial charge < -0.3 is 4.90 Å². The van der Waals surface area contributed by atoms with Gasteiger partial charge in [-0.3, -0.25) is 4.79 Å². The molecule has 1 amide bonds. The van der Waals surface area contributed by atoms with Crippen molar-refractivity contribution in [3.63, 3.8) is 0 Å². The van der Waals surface area contributed by atoms with Gasteiger partial charge in [-0.05, 0) is 47.1 Å². The molecule has 3 unspecified atom stereocenters. The number of likely N-dealkylation sites (tertiary alicyclic amines) is 1. The van der Waals surface area contributed by atoms with Gasteiger partial charge in [0.25, 0.3) is 0 Å². The lowest BCUT2D eigenvalue weighted by molar-refractivity contribution is -0.132. The van der Waals surface area contributed by atoms with Gasteiger partial charge in [-0.15, -0.1) is 16.4 Å². The number of hydrogen-bond donors (Lipinski definition) is 0. The predicted molar refractivity (Wildman–Crippen MR) is 96.1 cm³/mol. The maximum atomic E-state index is 12.8. The van der Waals surface area contributed by atoms with Crippen LogP contribution in [0.5, 0.6) is 0 Å². The third kappa shape index (κ3) is 4.16. The highest BCUT2D eigenvalue weighted by molar-refractivity contribution is 8.00. The highest BCUT2D eigenvalue weighted by atomic mass is 32.2. The van der Waals surface area contributed by atoms with Gasteiger partial charge in [0, 0.05) is 18.0 Å². The first-order valence-corrected chi connectivity index (χ1v) is 10.0. The second kappa shape index (κ2) is 7.65. The van der Waals surface area contributed by atoms with Crippen LogP contribution in [0.2, 0.25) is 0 Å². The number of aromatic nitrogens is 4. The number of piperidine rings is 1. The molecule has 0 aromatic carbocycles. The van der Waals surface area contributed by atoms with Crippen LogP contribution in [0, 0.1) is 11.8 Å². The summed E-state index contributed by atoms with van der Waals surface area (Å²) in [6, 6.07) is 4.08. The molecule has 1 aliphatic heterocycles.